The first kappa shape index (κ1) is 14.0. The minimum atomic E-state index is -0.129. The number of nitrogens with one attached hydrogen (secondary N) is 1. The summed E-state index contributed by atoms with van der Waals surface area (Å²) in [4.78, 5) is 20.3. The lowest BCUT2D eigenvalue weighted by atomic mass is 10.2. The molecule has 0 saturated heterocycles. The summed E-state index contributed by atoms with van der Waals surface area (Å²) in [5, 5.41) is 6.22. The Morgan fingerprint density at radius 3 is 2.84 bits per heavy atom. The van der Waals surface area contributed by atoms with Crippen LogP contribution in [0.5, 0.6) is 0 Å². The predicted octanol–water partition coefficient (Wildman–Crippen LogP) is 3.50. The number of carbonyl (C=O) groups is 1. The van der Waals surface area contributed by atoms with Gasteiger partial charge < -0.3 is 5.32 Å². The molecular weight excluding hydrogens is 282 g/mol. The monoisotopic (exact) mass is 295 g/mol. The normalized spacial score (nSPS) is 10.7. The molecule has 1 amide bonds. The fourth-order valence-corrected chi connectivity index (χ4v) is 2.42. The van der Waals surface area contributed by atoms with Gasteiger partial charge in [-0.1, -0.05) is 25.4 Å². The number of aromatic nitrogens is 2. The molecule has 0 saturated carbocycles. The zero-order valence-electron chi connectivity index (χ0n) is 10.7. The van der Waals surface area contributed by atoms with Crippen molar-refractivity contribution < 1.29 is 4.79 Å². The lowest BCUT2D eigenvalue weighted by Gasteiger charge is -2.02. The molecule has 6 heteroatoms. The summed E-state index contributed by atoms with van der Waals surface area (Å²) in [6.07, 6.45) is 1.75. The number of rotatable bonds is 4. The number of pyridine rings is 1. The molecule has 2 heterocycles. The van der Waals surface area contributed by atoms with E-state index in [0.29, 0.717) is 16.8 Å². The molecular formula is C13H14ClN3OS. The number of hydrogen-bond acceptors (Lipinski definition) is 4. The zero-order valence-corrected chi connectivity index (χ0v) is 12.3. The van der Waals surface area contributed by atoms with E-state index in [1.165, 1.54) is 6.20 Å². The highest BCUT2D eigenvalue weighted by molar-refractivity contribution is 7.09. The van der Waals surface area contributed by atoms with Gasteiger partial charge in [0.1, 0.15) is 5.82 Å². The summed E-state index contributed by atoms with van der Waals surface area (Å²) in [5.74, 6) is 0.754. The van der Waals surface area contributed by atoms with Gasteiger partial charge in [0.25, 0.3) is 0 Å². The molecule has 0 aliphatic heterocycles. The molecule has 0 atom stereocenters. The highest BCUT2D eigenvalue weighted by Gasteiger charge is 2.10. The van der Waals surface area contributed by atoms with Crippen LogP contribution < -0.4 is 5.32 Å². The zero-order chi connectivity index (χ0) is 13.8. The van der Waals surface area contributed by atoms with Crippen LogP contribution in [0.3, 0.4) is 0 Å². The SMILES string of the molecule is CC(C)c1nc(CC(=O)Nc2ccc(Cl)cn2)cs1. The van der Waals surface area contributed by atoms with Crippen LogP contribution in [0.1, 0.15) is 30.5 Å². The van der Waals surface area contributed by atoms with Crippen molar-refractivity contribution in [1.82, 2.24) is 9.97 Å². The molecule has 0 aromatic carbocycles. The van der Waals surface area contributed by atoms with Gasteiger partial charge in [-0.15, -0.1) is 11.3 Å². The second-order valence-corrected chi connectivity index (χ2v) is 5.74. The Balaban J connectivity index is 1.95. The third kappa shape index (κ3) is 4.01. The van der Waals surface area contributed by atoms with Gasteiger partial charge in [0.05, 0.1) is 22.1 Å². The molecule has 2 rings (SSSR count). The number of nitrogens with zero attached hydrogens (tertiary/aromatic N) is 2. The van der Waals surface area contributed by atoms with E-state index < -0.39 is 0 Å². The molecule has 100 valence electrons. The Morgan fingerprint density at radius 2 is 2.26 bits per heavy atom. The molecule has 4 nitrogen and oxygen atoms in total. The van der Waals surface area contributed by atoms with Crippen molar-refractivity contribution in [2.75, 3.05) is 5.32 Å². The van der Waals surface area contributed by atoms with Crippen LogP contribution in [0.4, 0.5) is 5.82 Å². The molecule has 0 aliphatic rings. The van der Waals surface area contributed by atoms with Crippen LogP contribution in [0, 0.1) is 0 Å². The van der Waals surface area contributed by atoms with Crippen LogP contribution in [0.2, 0.25) is 5.02 Å². The Kier molecular flexibility index (Phi) is 4.50. The standard InChI is InChI=1S/C13H14ClN3OS/c1-8(2)13-16-10(7-19-13)5-12(18)17-11-4-3-9(14)6-15-11/h3-4,6-8H,5H2,1-2H3,(H,15,17,18). The highest BCUT2D eigenvalue weighted by atomic mass is 35.5. The van der Waals surface area contributed by atoms with Crippen molar-refractivity contribution in [3.63, 3.8) is 0 Å². The van der Waals surface area contributed by atoms with Crippen molar-refractivity contribution in [2.45, 2.75) is 26.2 Å². The van der Waals surface area contributed by atoms with Crippen LogP contribution in [-0.2, 0) is 11.2 Å². The summed E-state index contributed by atoms with van der Waals surface area (Å²) in [6.45, 7) is 4.17. The molecule has 0 unspecified atom stereocenters. The fraction of sp³-hybridized carbons (Fsp3) is 0.308. The lowest BCUT2D eigenvalue weighted by molar-refractivity contribution is -0.115. The first-order chi connectivity index (χ1) is 9.04. The second-order valence-electron chi connectivity index (χ2n) is 4.42. The quantitative estimate of drug-likeness (QED) is 0.939. The highest BCUT2D eigenvalue weighted by Crippen LogP contribution is 2.19. The smallest absolute Gasteiger partial charge is 0.231 e. The van der Waals surface area contributed by atoms with Gasteiger partial charge in [-0.2, -0.15) is 0 Å². The second kappa shape index (κ2) is 6.12. The average molecular weight is 296 g/mol. The van der Waals surface area contributed by atoms with Gasteiger partial charge in [0, 0.05) is 17.5 Å². The summed E-state index contributed by atoms with van der Waals surface area (Å²) in [6, 6.07) is 3.35. The Hall–Kier alpha value is -1.46. The summed E-state index contributed by atoms with van der Waals surface area (Å²) in [7, 11) is 0. The summed E-state index contributed by atoms with van der Waals surface area (Å²) >= 11 is 7.31. The van der Waals surface area contributed by atoms with E-state index in [-0.39, 0.29) is 12.3 Å². The molecule has 1 N–H and O–H groups in total. The number of anilines is 1. The number of halogens is 1. The van der Waals surface area contributed by atoms with E-state index in [1.807, 2.05) is 5.38 Å². The molecule has 0 fully saturated rings. The number of thiazole rings is 1. The molecule has 0 radical (unpaired) electrons. The van der Waals surface area contributed by atoms with Crippen molar-refractivity contribution in [3.05, 3.63) is 39.4 Å². The number of amides is 1. The van der Waals surface area contributed by atoms with E-state index in [9.17, 15) is 4.79 Å². The van der Waals surface area contributed by atoms with Crippen LogP contribution >= 0.6 is 22.9 Å². The van der Waals surface area contributed by atoms with Crippen molar-refractivity contribution in [1.29, 1.82) is 0 Å². The number of hydrogen-bond donors (Lipinski definition) is 1. The Bertz CT molecular complexity index is 566. The largest absolute Gasteiger partial charge is 0.310 e. The van der Waals surface area contributed by atoms with Crippen molar-refractivity contribution in [2.24, 2.45) is 0 Å². The Labute approximate surface area is 120 Å². The van der Waals surface area contributed by atoms with E-state index >= 15 is 0 Å². The van der Waals surface area contributed by atoms with E-state index in [4.69, 9.17) is 11.6 Å². The van der Waals surface area contributed by atoms with Crippen LogP contribution in [0.15, 0.2) is 23.7 Å². The average Bonchev–Trinajstić information content (AvgIpc) is 2.80. The molecule has 0 aliphatic carbocycles. The van der Waals surface area contributed by atoms with Gasteiger partial charge in [-0.3, -0.25) is 4.79 Å². The third-order valence-electron chi connectivity index (χ3n) is 2.40. The lowest BCUT2D eigenvalue weighted by Crippen LogP contribution is -2.15. The number of carbonyl (C=O) groups excluding carboxylic acids is 1. The Morgan fingerprint density at radius 1 is 1.47 bits per heavy atom. The van der Waals surface area contributed by atoms with Gasteiger partial charge >= 0.3 is 0 Å². The minimum Gasteiger partial charge on any atom is -0.310 e. The van der Waals surface area contributed by atoms with Gasteiger partial charge in [-0.05, 0) is 12.1 Å². The molecule has 0 spiro atoms. The fourth-order valence-electron chi connectivity index (χ4n) is 1.47. The van der Waals surface area contributed by atoms with Crippen LogP contribution in [-0.4, -0.2) is 15.9 Å². The topological polar surface area (TPSA) is 54.9 Å². The van der Waals surface area contributed by atoms with Gasteiger partial charge in [0.2, 0.25) is 5.91 Å². The summed E-state index contributed by atoms with van der Waals surface area (Å²) in [5.41, 5.74) is 0.792. The van der Waals surface area contributed by atoms with E-state index in [0.717, 1.165) is 10.7 Å². The summed E-state index contributed by atoms with van der Waals surface area (Å²) < 4.78 is 0. The molecule has 0 bridgehead atoms. The van der Waals surface area contributed by atoms with Crippen molar-refractivity contribution in [3.8, 4) is 0 Å². The predicted molar refractivity (Wildman–Crippen MR) is 77.8 cm³/mol. The molecule has 2 aromatic heterocycles. The first-order valence-corrected chi connectivity index (χ1v) is 7.16. The van der Waals surface area contributed by atoms with E-state index in [1.54, 1.807) is 23.5 Å². The molecule has 2 aromatic rings. The maximum absolute atomic E-state index is 11.8. The van der Waals surface area contributed by atoms with Gasteiger partial charge in [0.15, 0.2) is 0 Å². The van der Waals surface area contributed by atoms with Crippen LogP contribution in [0.25, 0.3) is 0 Å². The first-order valence-electron chi connectivity index (χ1n) is 5.90. The van der Waals surface area contributed by atoms with Crippen molar-refractivity contribution >= 4 is 34.7 Å². The maximum Gasteiger partial charge on any atom is 0.231 e. The molecule has 19 heavy (non-hydrogen) atoms. The van der Waals surface area contributed by atoms with Gasteiger partial charge in [-0.25, -0.2) is 9.97 Å². The third-order valence-corrected chi connectivity index (χ3v) is 3.82. The maximum atomic E-state index is 11.8. The minimum absolute atomic E-state index is 0.129. The van der Waals surface area contributed by atoms with E-state index in [2.05, 4.69) is 29.1 Å².